The first-order valence-electron chi connectivity index (χ1n) is 5.91. The molecular formula is C13H18N2O2. The van der Waals surface area contributed by atoms with Crippen LogP contribution in [0.2, 0.25) is 0 Å². The third kappa shape index (κ3) is 2.84. The summed E-state index contributed by atoms with van der Waals surface area (Å²) in [5.74, 6) is -0.0977. The third-order valence-corrected chi connectivity index (χ3v) is 3.15. The van der Waals surface area contributed by atoms with Crippen LogP contribution in [-0.2, 0) is 10.4 Å². The lowest BCUT2D eigenvalue weighted by Gasteiger charge is -2.33. The van der Waals surface area contributed by atoms with Crippen LogP contribution in [0.1, 0.15) is 25.3 Å². The second-order valence-electron chi connectivity index (χ2n) is 4.54. The van der Waals surface area contributed by atoms with Crippen molar-refractivity contribution in [1.82, 2.24) is 5.32 Å². The largest absolute Gasteiger partial charge is 0.385 e. The standard InChI is InChI=1S/C13H18N2O2/c1-10(16)15-12-4-2-3-11(9-12)13(17)5-7-14-8-6-13/h2-4,9,14,17H,5-8H2,1H3,(H,15,16). The molecular weight excluding hydrogens is 216 g/mol. The van der Waals surface area contributed by atoms with Crippen molar-refractivity contribution < 1.29 is 9.90 Å². The Balaban J connectivity index is 2.22. The van der Waals surface area contributed by atoms with Crippen molar-refractivity contribution in [3.05, 3.63) is 29.8 Å². The summed E-state index contributed by atoms with van der Waals surface area (Å²) in [6.45, 7) is 3.12. The Hall–Kier alpha value is -1.39. The fraction of sp³-hybridized carbons (Fsp3) is 0.462. The monoisotopic (exact) mass is 234 g/mol. The molecule has 1 heterocycles. The van der Waals surface area contributed by atoms with Gasteiger partial charge in [0.2, 0.25) is 5.91 Å². The summed E-state index contributed by atoms with van der Waals surface area (Å²) in [4.78, 5) is 11.0. The fourth-order valence-corrected chi connectivity index (χ4v) is 2.22. The molecule has 3 N–H and O–H groups in total. The molecule has 0 bridgehead atoms. The van der Waals surface area contributed by atoms with E-state index < -0.39 is 5.60 Å². The van der Waals surface area contributed by atoms with Crippen LogP contribution in [0.25, 0.3) is 0 Å². The lowest BCUT2D eigenvalue weighted by Crippen LogP contribution is -2.39. The zero-order valence-corrected chi connectivity index (χ0v) is 9.99. The normalized spacial score (nSPS) is 18.7. The molecule has 1 fully saturated rings. The zero-order chi connectivity index (χ0) is 12.3. The lowest BCUT2D eigenvalue weighted by molar-refractivity contribution is -0.114. The topological polar surface area (TPSA) is 61.4 Å². The number of hydrogen-bond donors (Lipinski definition) is 3. The Morgan fingerprint density at radius 1 is 1.41 bits per heavy atom. The molecule has 17 heavy (non-hydrogen) atoms. The van der Waals surface area contributed by atoms with E-state index in [1.165, 1.54) is 6.92 Å². The van der Waals surface area contributed by atoms with Gasteiger partial charge in [0.25, 0.3) is 0 Å². The van der Waals surface area contributed by atoms with E-state index in [9.17, 15) is 9.90 Å². The summed E-state index contributed by atoms with van der Waals surface area (Å²) in [5.41, 5.74) is 0.854. The molecule has 0 radical (unpaired) electrons. The van der Waals surface area contributed by atoms with Crippen LogP contribution in [0.3, 0.4) is 0 Å². The average molecular weight is 234 g/mol. The number of nitrogens with one attached hydrogen (secondary N) is 2. The van der Waals surface area contributed by atoms with Crippen LogP contribution in [0, 0.1) is 0 Å². The molecule has 4 nitrogen and oxygen atoms in total. The highest BCUT2D eigenvalue weighted by Crippen LogP contribution is 2.31. The van der Waals surface area contributed by atoms with Crippen molar-refractivity contribution in [2.75, 3.05) is 18.4 Å². The van der Waals surface area contributed by atoms with Crippen molar-refractivity contribution >= 4 is 11.6 Å². The van der Waals surface area contributed by atoms with Crippen LogP contribution >= 0.6 is 0 Å². The summed E-state index contributed by atoms with van der Waals surface area (Å²) in [6, 6.07) is 7.46. The Morgan fingerprint density at radius 2 is 2.12 bits per heavy atom. The van der Waals surface area contributed by atoms with Crippen molar-refractivity contribution in [3.63, 3.8) is 0 Å². The van der Waals surface area contributed by atoms with Crippen molar-refractivity contribution in [1.29, 1.82) is 0 Å². The molecule has 0 atom stereocenters. The predicted molar refractivity (Wildman–Crippen MR) is 66.7 cm³/mol. The number of piperidine rings is 1. The Labute approximate surface area is 101 Å². The minimum atomic E-state index is -0.764. The van der Waals surface area contributed by atoms with E-state index in [4.69, 9.17) is 0 Å². The van der Waals surface area contributed by atoms with E-state index >= 15 is 0 Å². The van der Waals surface area contributed by atoms with E-state index in [0.29, 0.717) is 12.8 Å². The maximum Gasteiger partial charge on any atom is 0.221 e. The van der Waals surface area contributed by atoms with Gasteiger partial charge in [-0.3, -0.25) is 4.79 Å². The molecule has 0 spiro atoms. The van der Waals surface area contributed by atoms with Gasteiger partial charge in [-0.2, -0.15) is 0 Å². The first-order chi connectivity index (χ1) is 8.10. The maximum absolute atomic E-state index is 11.0. The van der Waals surface area contributed by atoms with Crippen molar-refractivity contribution in [3.8, 4) is 0 Å². The highest BCUT2D eigenvalue weighted by atomic mass is 16.3. The highest BCUT2D eigenvalue weighted by molar-refractivity contribution is 5.88. The summed E-state index contributed by atoms with van der Waals surface area (Å²) in [5, 5.41) is 16.5. The Kier molecular flexibility index (Phi) is 3.45. The van der Waals surface area contributed by atoms with Crippen LogP contribution in [0.15, 0.2) is 24.3 Å². The van der Waals surface area contributed by atoms with Crippen molar-refractivity contribution in [2.24, 2.45) is 0 Å². The van der Waals surface area contributed by atoms with E-state index in [0.717, 1.165) is 24.3 Å². The van der Waals surface area contributed by atoms with E-state index in [1.807, 2.05) is 24.3 Å². The molecule has 0 unspecified atom stereocenters. The third-order valence-electron chi connectivity index (χ3n) is 3.15. The fourth-order valence-electron chi connectivity index (χ4n) is 2.22. The number of rotatable bonds is 2. The SMILES string of the molecule is CC(=O)Nc1cccc(C2(O)CCNCC2)c1. The molecule has 0 aromatic heterocycles. The summed E-state index contributed by atoms with van der Waals surface area (Å²) in [6.07, 6.45) is 1.41. The predicted octanol–water partition coefficient (Wildman–Crippen LogP) is 1.22. The second-order valence-corrected chi connectivity index (χ2v) is 4.54. The van der Waals surface area contributed by atoms with Crippen molar-refractivity contribution in [2.45, 2.75) is 25.4 Å². The van der Waals surface area contributed by atoms with Gasteiger partial charge in [0.15, 0.2) is 0 Å². The molecule has 0 saturated carbocycles. The van der Waals surface area contributed by atoms with Gasteiger partial charge in [0, 0.05) is 12.6 Å². The van der Waals surface area contributed by atoms with Gasteiger partial charge in [-0.25, -0.2) is 0 Å². The molecule has 1 aromatic rings. The quantitative estimate of drug-likeness (QED) is 0.721. The summed E-state index contributed by atoms with van der Waals surface area (Å²) < 4.78 is 0. The van der Waals surface area contributed by atoms with Gasteiger partial charge in [-0.15, -0.1) is 0 Å². The molecule has 1 aliphatic heterocycles. The molecule has 1 amide bonds. The molecule has 4 heteroatoms. The number of hydrogen-bond acceptors (Lipinski definition) is 3. The first kappa shape index (κ1) is 12.1. The molecule has 1 saturated heterocycles. The van der Waals surface area contributed by atoms with Crippen LogP contribution in [0.5, 0.6) is 0 Å². The maximum atomic E-state index is 11.0. The highest BCUT2D eigenvalue weighted by Gasteiger charge is 2.31. The number of benzene rings is 1. The van der Waals surface area contributed by atoms with E-state index in [1.54, 1.807) is 0 Å². The second kappa shape index (κ2) is 4.85. The van der Waals surface area contributed by atoms with Gasteiger partial charge in [0.05, 0.1) is 5.60 Å². The average Bonchev–Trinajstić information content (AvgIpc) is 2.29. The van der Waals surface area contributed by atoms with Gasteiger partial charge in [-0.1, -0.05) is 12.1 Å². The number of aliphatic hydroxyl groups is 1. The van der Waals surface area contributed by atoms with Gasteiger partial charge in [-0.05, 0) is 43.6 Å². The number of carbonyl (C=O) groups is 1. The first-order valence-corrected chi connectivity index (χ1v) is 5.91. The summed E-state index contributed by atoms with van der Waals surface area (Å²) in [7, 11) is 0. The minimum Gasteiger partial charge on any atom is -0.385 e. The molecule has 1 aliphatic rings. The zero-order valence-electron chi connectivity index (χ0n) is 9.99. The smallest absolute Gasteiger partial charge is 0.221 e. The Morgan fingerprint density at radius 3 is 2.76 bits per heavy atom. The van der Waals surface area contributed by atoms with Crippen LogP contribution in [0.4, 0.5) is 5.69 Å². The number of carbonyl (C=O) groups excluding carboxylic acids is 1. The number of amides is 1. The molecule has 92 valence electrons. The van der Waals surface area contributed by atoms with E-state index in [2.05, 4.69) is 10.6 Å². The molecule has 1 aromatic carbocycles. The lowest BCUT2D eigenvalue weighted by atomic mass is 9.85. The minimum absolute atomic E-state index is 0.0977. The molecule has 0 aliphatic carbocycles. The van der Waals surface area contributed by atoms with Crippen LogP contribution in [-0.4, -0.2) is 24.1 Å². The Bertz CT molecular complexity index is 412. The van der Waals surface area contributed by atoms with Crippen LogP contribution < -0.4 is 10.6 Å². The van der Waals surface area contributed by atoms with E-state index in [-0.39, 0.29) is 5.91 Å². The van der Waals surface area contributed by atoms with Gasteiger partial charge < -0.3 is 15.7 Å². The number of anilines is 1. The van der Waals surface area contributed by atoms with Gasteiger partial charge >= 0.3 is 0 Å². The van der Waals surface area contributed by atoms with Gasteiger partial charge in [0.1, 0.15) is 0 Å². The summed E-state index contributed by atoms with van der Waals surface area (Å²) >= 11 is 0. The molecule has 2 rings (SSSR count).